The van der Waals surface area contributed by atoms with Crippen LogP contribution in [0.2, 0.25) is 0 Å². The van der Waals surface area contributed by atoms with E-state index in [2.05, 4.69) is 0 Å². The lowest BCUT2D eigenvalue weighted by Crippen LogP contribution is -3.10. The van der Waals surface area contributed by atoms with E-state index in [1.54, 1.807) is 7.05 Å². The number of rotatable bonds is 4. The van der Waals surface area contributed by atoms with E-state index in [4.69, 9.17) is 5.11 Å². The monoisotopic (exact) mass is 135 g/mol. The third-order valence-corrected chi connectivity index (χ3v) is 0.985. The van der Waals surface area contributed by atoms with E-state index in [0.717, 1.165) is 4.90 Å². The summed E-state index contributed by atoms with van der Waals surface area (Å²) in [5, 5.41) is 18.2. The van der Waals surface area contributed by atoms with E-state index in [9.17, 15) is 9.90 Å². The lowest BCUT2D eigenvalue weighted by molar-refractivity contribution is -0.874. The van der Waals surface area contributed by atoms with Crippen LogP contribution in [0.1, 0.15) is 1.43 Å². The second-order valence-corrected chi connectivity index (χ2v) is 1.98. The Kier molecular flexibility index (Phi) is 4.00. The number of quaternary nitrogens is 1. The molecule has 0 aromatic heterocycles. The standard InChI is InChI=1S/C5H11NO3.H2/c1-6(2-3-7)4-5(8)9;/h7H,2-4H2,1H3,(H,8,9);1H. The van der Waals surface area contributed by atoms with E-state index in [0.29, 0.717) is 6.54 Å². The van der Waals surface area contributed by atoms with Crippen molar-refractivity contribution < 1.29 is 21.3 Å². The Morgan fingerprint density at radius 2 is 2.44 bits per heavy atom. The molecule has 0 aliphatic carbocycles. The normalized spacial score (nSPS) is 13.1. The number of likely N-dealkylation sites (N-methyl/N-ethyl adjacent to an activating group) is 1. The van der Waals surface area contributed by atoms with Crippen LogP contribution in [-0.2, 0) is 4.79 Å². The maximum atomic E-state index is 9.87. The molecule has 0 fully saturated rings. The zero-order valence-corrected chi connectivity index (χ0v) is 5.39. The fraction of sp³-hybridized carbons (Fsp3) is 0.800. The van der Waals surface area contributed by atoms with Crippen LogP contribution in [0.4, 0.5) is 0 Å². The van der Waals surface area contributed by atoms with Gasteiger partial charge in [-0.3, -0.25) is 0 Å². The van der Waals surface area contributed by atoms with Crippen LogP contribution in [0.15, 0.2) is 0 Å². The summed E-state index contributed by atoms with van der Waals surface area (Å²) >= 11 is 0. The molecule has 0 amide bonds. The van der Waals surface area contributed by atoms with E-state index in [1.165, 1.54) is 0 Å². The van der Waals surface area contributed by atoms with Crippen LogP contribution in [0, 0.1) is 0 Å². The summed E-state index contributed by atoms with van der Waals surface area (Å²) < 4.78 is 0. The van der Waals surface area contributed by atoms with Crippen molar-refractivity contribution in [1.82, 2.24) is 0 Å². The number of carboxylic acids is 1. The quantitative estimate of drug-likeness (QED) is 0.420. The van der Waals surface area contributed by atoms with Crippen LogP contribution >= 0.6 is 0 Å². The number of aliphatic hydroxyl groups excluding tert-OH is 1. The number of carboxylic acid groups (broad SMARTS) is 1. The summed E-state index contributed by atoms with van der Waals surface area (Å²) in [6.07, 6.45) is 0. The van der Waals surface area contributed by atoms with Gasteiger partial charge < -0.3 is 19.9 Å². The van der Waals surface area contributed by atoms with Crippen molar-refractivity contribution in [2.45, 2.75) is 0 Å². The lowest BCUT2D eigenvalue weighted by atomic mass is 10.5. The molecular weight excluding hydrogens is 122 g/mol. The van der Waals surface area contributed by atoms with Gasteiger partial charge in [-0.2, -0.15) is 0 Å². The minimum absolute atomic E-state index is 0. The van der Waals surface area contributed by atoms with Crippen LogP contribution in [0.25, 0.3) is 0 Å². The van der Waals surface area contributed by atoms with Gasteiger partial charge in [0.2, 0.25) is 0 Å². The van der Waals surface area contributed by atoms with Gasteiger partial charge in [-0.15, -0.1) is 0 Å². The van der Waals surface area contributed by atoms with Gasteiger partial charge in [-0.1, -0.05) is 0 Å². The molecule has 0 aromatic carbocycles. The van der Waals surface area contributed by atoms with Gasteiger partial charge in [-0.05, 0) is 0 Å². The highest BCUT2D eigenvalue weighted by Gasteiger charge is 1.98. The summed E-state index contributed by atoms with van der Waals surface area (Å²) in [4.78, 5) is 10.6. The maximum absolute atomic E-state index is 9.87. The van der Waals surface area contributed by atoms with Gasteiger partial charge in [0, 0.05) is 1.43 Å². The Morgan fingerprint density at radius 1 is 1.89 bits per heavy atom. The Hall–Kier alpha value is -0.610. The molecule has 2 N–H and O–H groups in total. The highest BCUT2D eigenvalue weighted by atomic mass is 16.4. The molecule has 56 valence electrons. The highest BCUT2D eigenvalue weighted by Crippen LogP contribution is 1.45. The summed E-state index contributed by atoms with van der Waals surface area (Å²) in [7, 11) is 1.69. The van der Waals surface area contributed by atoms with E-state index < -0.39 is 5.97 Å². The molecule has 1 unspecified atom stereocenters. The molecular formula is C5H13NO3. The van der Waals surface area contributed by atoms with E-state index >= 15 is 0 Å². The maximum Gasteiger partial charge on any atom is 0.117 e. The van der Waals surface area contributed by atoms with Crippen LogP contribution < -0.4 is 10.0 Å². The number of carbonyl (C=O) groups is 1. The summed E-state index contributed by atoms with van der Waals surface area (Å²) in [5.41, 5.74) is 0. The van der Waals surface area contributed by atoms with Crippen LogP contribution in [0.5, 0.6) is 0 Å². The molecule has 4 heteroatoms. The Morgan fingerprint density at radius 3 is 2.78 bits per heavy atom. The van der Waals surface area contributed by atoms with Crippen LogP contribution in [-0.4, -0.2) is 37.8 Å². The second-order valence-electron chi connectivity index (χ2n) is 1.98. The van der Waals surface area contributed by atoms with Crippen molar-refractivity contribution in [2.24, 2.45) is 0 Å². The zero-order chi connectivity index (χ0) is 7.28. The molecule has 0 radical (unpaired) electrons. The minimum atomic E-state index is -1.08. The molecule has 0 aromatic rings. The van der Waals surface area contributed by atoms with Crippen molar-refractivity contribution in [2.75, 3.05) is 26.7 Å². The molecule has 0 saturated carbocycles. The molecule has 1 atom stereocenters. The number of carbonyl (C=O) groups excluding carboxylic acids is 1. The first kappa shape index (κ1) is 8.39. The Bertz CT molecular complexity index is 98.9. The molecule has 0 rings (SSSR count). The molecule has 4 nitrogen and oxygen atoms in total. The minimum Gasteiger partial charge on any atom is -0.544 e. The van der Waals surface area contributed by atoms with Crippen molar-refractivity contribution in [1.29, 1.82) is 0 Å². The number of aliphatic hydroxyl groups is 1. The average molecular weight is 135 g/mol. The first-order valence-corrected chi connectivity index (χ1v) is 2.79. The van der Waals surface area contributed by atoms with Crippen molar-refractivity contribution >= 4 is 5.97 Å². The fourth-order valence-electron chi connectivity index (χ4n) is 0.526. The first-order valence-electron chi connectivity index (χ1n) is 2.79. The number of nitrogens with one attached hydrogen (secondary N) is 1. The van der Waals surface area contributed by atoms with Crippen LogP contribution in [0.3, 0.4) is 0 Å². The van der Waals surface area contributed by atoms with Gasteiger partial charge in [0.05, 0.1) is 19.6 Å². The molecule has 0 aliphatic rings. The Balaban J connectivity index is 0. The molecule has 0 aliphatic heterocycles. The van der Waals surface area contributed by atoms with Gasteiger partial charge in [0.25, 0.3) is 0 Å². The predicted octanol–water partition coefficient (Wildman–Crippen LogP) is -3.51. The lowest BCUT2D eigenvalue weighted by Gasteiger charge is -2.11. The van der Waals surface area contributed by atoms with E-state index in [1.807, 2.05) is 0 Å². The second kappa shape index (κ2) is 4.29. The van der Waals surface area contributed by atoms with Crippen molar-refractivity contribution in [3.63, 3.8) is 0 Å². The van der Waals surface area contributed by atoms with E-state index in [-0.39, 0.29) is 14.6 Å². The van der Waals surface area contributed by atoms with Crippen molar-refractivity contribution in [3.8, 4) is 0 Å². The fourth-order valence-corrected chi connectivity index (χ4v) is 0.526. The number of hydrogen-bond acceptors (Lipinski definition) is 3. The number of aliphatic carboxylic acids is 1. The SMILES string of the molecule is C[NH+](CCO)CC(=O)[O-].[HH]. The Labute approximate surface area is 55.2 Å². The van der Waals surface area contributed by atoms with Gasteiger partial charge in [-0.25, -0.2) is 0 Å². The molecule has 0 saturated heterocycles. The van der Waals surface area contributed by atoms with Gasteiger partial charge in [0.15, 0.2) is 0 Å². The predicted molar refractivity (Wildman–Crippen MR) is 30.8 cm³/mol. The van der Waals surface area contributed by atoms with Gasteiger partial charge >= 0.3 is 0 Å². The average Bonchev–Trinajstić information content (AvgIpc) is 1.63. The molecule has 9 heavy (non-hydrogen) atoms. The summed E-state index contributed by atoms with van der Waals surface area (Å²) in [6, 6.07) is 0. The highest BCUT2D eigenvalue weighted by molar-refractivity contribution is 5.65. The molecule has 0 spiro atoms. The topological polar surface area (TPSA) is 64.8 Å². The van der Waals surface area contributed by atoms with Gasteiger partial charge in [0.1, 0.15) is 13.1 Å². The summed E-state index contributed by atoms with van der Waals surface area (Å²) in [6.45, 7) is 0.424. The van der Waals surface area contributed by atoms with Crippen molar-refractivity contribution in [3.05, 3.63) is 0 Å². The summed E-state index contributed by atoms with van der Waals surface area (Å²) in [5.74, 6) is -1.08. The third kappa shape index (κ3) is 5.26. The number of hydrogen-bond donors (Lipinski definition) is 2. The zero-order valence-electron chi connectivity index (χ0n) is 5.39. The largest absolute Gasteiger partial charge is 0.544 e. The third-order valence-electron chi connectivity index (χ3n) is 0.985. The molecule has 0 heterocycles. The smallest absolute Gasteiger partial charge is 0.117 e. The first-order chi connectivity index (χ1) is 4.16. The molecule has 0 bridgehead atoms.